The topological polar surface area (TPSA) is 75.6 Å². The average molecular weight is 217 g/mol. The first-order valence-electron chi connectivity index (χ1n) is 5.23. The van der Waals surface area contributed by atoms with E-state index < -0.39 is 5.97 Å². The van der Waals surface area contributed by atoms with Gasteiger partial charge in [-0.25, -0.2) is 0 Å². The molecule has 15 heavy (non-hydrogen) atoms. The van der Waals surface area contributed by atoms with Crippen LogP contribution in [0.25, 0.3) is 0 Å². The fraction of sp³-hybridized carbons (Fsp3) is 0.800. The Labute approximate surface area is 89.8 Å². The standard InChI is InChI=1S/C10H19NO4/c1-2-7-15-8-6-11-9(12)4-3-5-10(13)14/h2-8H2,1H3,(H,11,12)(H,13,14). The molecule has 88 valence electrons. The molecule has 0 aliphatic heterocycles. The van der Waals surface area contributed by atoms with Gasteiger partial charge >= 0.3 is 5.97 Å². The number of ether oxygens (including phenoxy) is 1. The minimum Gasteiger partial charge on any atom is -0.481 e. The summed E-state index contributed by atoms with van der Waals surface area (Å²) in [5.74, 6) is -0.981. The van der Waals surface area contributed by atoms with Crippen molar-refractivity contribution in [2.24, 2.45) is 0 Å². The molecule has 0 heterocycles. The number of carboxylic acids is 1. The lowest BCUT2D eigenvalue weighted by atomic mass is 10.2. The summed E-state index contributed by atoms with van der Waals surface area (Å²) < 4.78 is 5.17. The van der Waals surface area contributed by atoms with Crippen LogP contribution in [-0.4, -0.2) is 36.7 Å². The predicted octanol–water partition coefficient (Wildman–Crippen LogP) is 0.784. The number of carboxylic acid groups (broad SMARTS) is 1. The van der Waals surface area contributed by atoms with Gasteiger partial charge in [0.15, 0.2) is 0 Å². The van der Waals surface area contributed by atoms with Crippen LogP contribution in [0.1, 0.15) is 32.6 Å². The van der Waals surface area contributed by atoms with Crippen LogP contribution in [0.15, 0.2) is 0 Å². The van der Waals surface area contributed by atoms with Crippen LogP contribution in [0, 0.1) is 0 Å². The number of nitrogens with one attached hydrogen (secondary N) is 1. The van der Waals surface area contributed by atoms with Crippen molar-refractivity contribution in [3.05, 3.63) is 0 Å². The number of carbonyl (C=O) groups is 2. The summed E-state index contributed by atoms with van der Waals surface area (Å²) in [4.78, 5) is 21.3. The summed E-state index contributed by atoms with van der Waals surface area (Å²) in [6.07, 6.45) is 1.66. The molecule has 0 aliphatic rings. The Morgan fingerprint density at radius 1 is 1.27 bits per heavy atom. The molecular formula is C10H19NO4. The molecule has 0 rings (SSSR count). The highest BCUT2D eigenvalue weighted by molar-refractivity contribution is 5.76. The van der Waals surface area contributed by atoms with Crippen molar-refractivity contribution in [1.82, 2.24) is 5.32 Å². The van der Waals surface area contributed by atoms with Crippen LogP contribution in [0.2, 0.25) is 0 Å². The Morgan fingerprint density at radius 2 is 2.00 bits per heavy atom. The van der Waals surface area contributed by atoms with Gasteiger partial charge in [-0.05, 0) is 12.8 Å². The Morgan fingerprint density at radius 3 is 2.60 bits per heavy atom. The molecule has 0 radical (unpaired) electrons. The van der Waals surface area contributed by atoms with Crippen LogP contribution in [0.3, 0.4) is 0 Å². The highest BCUT2D eigenvalue weighted by Gasteiger charge is 2.02. The highest BCUT2D eigenvalue weighted by atomic mass is 16.5. The molecule has 1 amide bonds. The second-order valence-electron chi connectivity index (χ2n) is 3.21. The van der Waals surface area contributed by atoms with Gasteiger partial charge in [-0.15, -0.1) is 0 Å². The predicted molar refractivity (Wildman–Crippen MR) is 55.6 cm³/mol. The van der Waals surface area contributed by atoms with Crippen LogP contribution in [-0.2, 0) is 14.3 Å². The third-order valence-electron chi connectivity index (χ3n) is 1.71. The van der Waals surface area contributed by atoms with E-state index in [9.17, 15) is 9.59 Å². The van der Waals surface area contributed by atoms with Gasteiger partial charge in [0.25, 0.3) is 0 Å². The van der Waals surface area contributed by atoms with Gasteiger partial charge < -0.3 is 15.2 Å². The first-order valence-corrected chi connectivity index (χ1v) is 5.23. The fourth-order valence-corrected chi connectivity index (χ4v) is 0.998. The van der Waals surface area contributed by atoms with E-state index in [4.69, 9.17) is 9.84 Å². The zero-order valence-corrected chi connectivity index (χ0v) is 9.12. The molecule has 0 spiro atoms. The first-order chi connectivity index (χ1) is 7.16. The molecule has 0 saturated heterocycles. The van der Waals surface area contributed by atoms with Crippen molar-refractivity contribution in [2.45, 2.75) is 32.6 Å². The monoisotopic (exact) mass is 217 g/mol. The summed E-state index contributed by atoms with van der Waals surface area (Å²) in [5, 5.41) is 11.0. The lowest BCUT2D eigenvalue weighted by Gasteiger charge is -2.04. The van der Waals surface area contributed by atoms with Crippen molar-refractivity contribution < 1.29 is 19.4 Å². The van der Waals surface area contributed by atoms with Crippen molar-refractivity contribution in [2.75, 3.05) is 19.8 Å². The van der Waals surface area contributed by atoms with Gasteiger partial charge in [0.05, 0.1) is 6.61 Å². The minimum atomic E-state index is -0.867. The molecule has 5 heteroatoms. The largest absolute Gasteiger partial charge is 0.481 e. The molecule has 0 aromatic heterocycles. The lowest BCUT2D eigenvalue weighted by Crippen LogP contribution is -2.27. The molecule has 0 atom stereocenters. The van der Waals surface area contributed by atoms with E-state index in [1.807, 2.05) is 6.92 Å². The second kappa shape index (κ2) is 9.45. The SMILES string of the molecule is CCCOCCNC(=O)CCCC(=O)O. The Bertz CT molecular complexity index is 194. The maximum absolute atomic E-state index is 11.1. The van der Waals surface area contributed by atoms with E-state index in [1.54, 1.807) is 0 Å². The Balaban J connectivity index is 3.22. The van der Waals surface area contributed by atoms with E-state index >= 15 is 0 Å². The normalized spacial score (nSPS) is 9.93. The van der Waals surface area contributed by atoms with Crippen LogP contribution >= 0.6 is 0 Å². The van der Waals surface area contributed by atoms with Gasteiger partial charge in [0, 0.05) is 26.0 Å². The van der Waals surface area contributed by atoms with E-state index in [1.165, 1.54) is 0 Å². The lowest BCUT2D eigenvalue weighted by molar-refractivity contribution is -0.137. The smallest absolute Gasteiger partial charge is 0.303 e. The summed E-state index contributed by atoms with van der Waals surface area (Å²) >= 11 is 0. The van der Waals surface area contributed by atoms with Crippen LogP contribution < -0.4 is 5.32 Å². The molecule has 0 bridgehead atoms. The summed E-state index contributed by atoms with van der Waals surface area (Å²) in [5.41, 5.74) is 0. The molecule has 0 aliphatic carbocycles. The number of amides is 1. The van der Waals surface area contributed by atoms with Crippen LogP contribution in [0.4, 0.5) is 0 Å². The van der Waals surface area contributed by atoms with Crippen molar-refractivity contribution in [3.8, 4) is 0 Å². The summed E-state index contributed by atoms with van der Waals surface area (Å²) in [6.45, 7) is 3.73. The molecule has 0 fully saturated rings. The van der Waals surface area contributed by atoms with Gasteiger partial charge in [0.1, 0.15) is 0 Å². The zero-order valence-electron chi connectivity index (χ0n) is 9.12. The maximum Gasteiger partial charge on any atom is 0.303 e. The maximum atomic E-state index is 11.1. The molecule has 0 saturated carbocycles. The third-order valence-corrected chi connectivity index (χ3v) is 1.71. The number of hydrogen-bond acceptors (Lipinski definition) is 3. The average Bonchev–Trinajstić information content (AvgIpc) is 2.17. The number of aliphatic carboxylic acids is 1. The Kier molecular flexibility index (Phi) is 8.76. The van der Waals surface area contributed by atoms with E-state index in [0.29, 0.717) is 26.2 Å². The van der Waals surface area contributed by atoms with E-state index in [-0.39, 0.29) is 18.7 Å². The fourth-order valence-electron chi connectivity index (χ4n) is 0.998. The minimum absolute atomic E-state index is 0.0414. The second-order valence-corrected chi connectivity index (χ2v) is 3.21. The number of hydrogen-bond donors (Lipinski definition) is 2. The van der Waals surface area contributed by atoms with Gasteiger partial charge in [0.2, 0.25) is 5.91 Å². The molecular weight excluding hydrogens is 198 g/mol. The summed E-state index contributed by atoms with van der Waals surface area (Å²) in [7, 11) is 0. The molecule has 5 nitrogen and oxygen atoms in total. The first kappa shape index (κ1) is 13.9. The molecule has 0 unspecified atom stereocenters. The number of rotatable bonds is 9. The van der Waals surface area contributed by atoms with Crippen LogP contribution in [0.5, 0.6) is 0 Å². The van der Waals surface area contributed by atoms with Crippen molar-refractivity contribution in [3.63, 3.8) is 0 Å². The van der Waals surface area contributed by atoms with Crippen molar-refractivity contribution in [1.29, 1.82) is 0 Å². The van der Waals surface area contributed by atoms with E-state index in [0.717, 1.165) is 6.42 Å². The summed E-state index contributed by atoms with van der Waals surface area (Å²) in [6, 6.07) is 0. The zero-order chi connectivity index (χ0) is 11.5. The molecule has 0 aromatic carbocycles. The van der Waals surface area contributed by atoms with Gasteiger partial charge in [-0.2, -0.15) is 0 Å². The third kappa shape index (κ3) is 10.8. The number of carbonyl (C=O) groups excluding carboxylic acids is 1. The van der Waals surface area contributed by atoms with Gasteiger partial charge in [-0.1, -0.05) is 6.92 Å². The van der Waals surface area contributed by atoms with Crippen molar-refractivity contribution >= 4 is 11.9 Å². The molecule has 2 N–H and O–H groups in total. The quantitative estimate of drug-likeness (QED) is 0.560. The molecule has 0 aromatic rings. The highest BCUT2D eigenvalue weighted by Crippen LogP contribution is 1.94. The van der Waals surface area contributed by atoms with Gasteiger partial charge in [-0.3, -0.25) is 9.59 Å². The Hall–Kier alpha value is -1.10. The van der Waals surface area contributed by atoms with E-state index in [2.05, 4.69) is 5.32 Å².